The van der Waals surface area contributed by atoms with Gasteiger partial charge in [0, 0.05) is 0 Å². The Morgan fingerprint density at radius 3 is 2.36 bits per heavy atom. The lowest BCUT2D eigenvalue weighted by Crippen LogP contribution is -2.06. The summed E-state index contributed by atoms with van der Waals surface area (Å²) in [5, 5.41) is 3.20. The van der Waals surface area contributed by atoms with Gasteiger partial charge >= 0.3 is 0 Å². The first kappa shape index (κ1) is 12.0. The predicted octanol–water partition coefficient (Wildman–Crippen LogP) is 3.59. The molecule has 0 saturated heterocycles. The summed E-state index contributed by atoms with van der Waals surface area (Å²) in [4.78, 5) is 0. The number of unbranched alkanes of at least 4 members (excludes halogenated alkanes) is 4. The summed E-state index contributed by atoms with van der Waals surface area (Å²) in [5.74, 6) is 2.23. The van der Waals surface area contributed by atoms with Crippen LogP contribution in [0.15, 0.2) is 0 Å². The van der Waals surface area contributed by atoms with Crippen LogP contribution in [-0.2, 0) is 0 Å². The van der Waals surface area contributed by atoms with E-state index in [1.165, 1.54) is 57.9 Å². The van der Waals surface area contributed by atoms with Crippen molar-refractivity contribution in [1.82, 2.24) is 5.32 Å². The van der Waals surface area contributed by atoms with Crippen molar-refractivity contribution in [2.75, 3.05) is 13.6 Å². The van der Waals surface area contributed by atoms with Crippen molar-refractivity contribution in [2.45, 2.75) is 58.3 Å². The van der Waals surface area contributed by atoms with Gasteiger partial charge in [0.25, 0.3) is 0 Å². The maximum atomic E-state index is 3.20. The highest BCUT2D eigenvalue weighted by atomic mass is 14.8. The standard InChI is InChI=1S/C13H27N/c1-3-12-11-13(12)9-7-5-4-6-8-10-14-2/h12-14H,3-11H2,1-2H3. The van der Waals surface area contributed by atoms with E-state index >= 15 is 0 Å². The molecule has 1 aliphatic carbocycles. The van der Waals surface area contributed by atoms with Gasteiger partial charge in [0.05, 0.1) is 0 Å². The topological polar surface area (TPSA) is 12.0 Å². The number of rotatable bonds is 9. The molecule has 1 aliphatic rings. The van der Waals surface area contributed by atoms with Crippen LogP contribution in [-0.4, -0.2) is 13.6 Å². The Balaban J connectivity index is 1.73. The highest BCUT2D eigenvalue weighted by Crippen LogP contribution is 2.44. The van der Waals surface area contributed by atoms with Gasteiger partial charge in [-0.1, -0.05) is 45.4 Å². The Kier molecular flexibility index (Phi) is 6.25. The van der Waals surface area contributed by atoms with Crippen LogP contribution >= 0.6 is 0 Å². The lowest BCUT2D eigenvalue weighted by atomic mass is 10.1. The third kappa shape index (κ3) is 4.99. The fourth-order valence-corrected chi connectivity index (χ4v) is 2.40. The SMILES string of the molecule is CCC1CC1CCCCCCCNC. The molecule has 0 aromatic heterocycles. The Morgan fingerprint density at radius 2 is 1.71 bits per heavy atom. The molecule has 1 rings (SSSR count). The van der Waals surface area contributed by atoms with Gasteiger partial charge in [0.15, 0.2) is 0 Å². The zero-order valence-electron chi connectivity index (χ0n) is 10.0. The molecule has 2 unspecified atom stereocenters. The van der Waals surface area contributed by atoms with Gasteiger partial charge in [-0.25, -0.2) is 0 Å². The van der Waals surface area contributed by atoms with Crippen LogP contribution in [0.1, 0.15) is 58.3 Å². The summed E-state index contributed by atoms with van der Waals surface area (Å²) in [6.45, 7) is 3.53. The lowest BCUT2D eigenvalue weighted by Gasteiger charge is -2.01. The first-order valence-corrected chi connectivity index (χ1v) is 6.53. The Morgan fingerprint density at radius 1 is 1.00 bits per heavy atom. The molecule has 0 amide bonds. The first-order chi connectivity index (χ1) is 6.88. The zero-order valence-corrected chi connectivity index (χ0v) is 10.0. The fourth-order valence-electron chi connectivity index (χ4n) is 2.40. The molecular formula is C13H27N. The molecule has 1 heteroatoms. The van der Waals surface area contributed by atoms with E-state index in [4.69, 9.17) is 0 Å². The lowest BCUT2D eigenvalue weighted by molar-refractivity contribution is 0.542. The molecule has 2 atom stereocenters. The molecule has 1 N–H and O–H groups in total. The quantitative estimate of drug-likeness (QED) is 0.557. The van der Waals surface area contributed by atoms with Crippen molar-refractivity contribution in [3.63, 3.8) is 0 Å². The summed E-state index contributed by atoms with van der Waals surface area (Å²) >= 11 is 0. The van der Waals surface area contributed by atoms with Gasteiger partial charge < -0.3 is 5.32 Å². The van der Waals surface area contributed by atoms with Crippen molar-refractivity contribution < 1.29 is 0 Å². The summed E-state index contributed by atoms with van der Waals surface area (Å²) in [5.41, 5.74) is 0. The third-order valence-electron chi connectivity index (χ3n) is 3.60. The molecule has 0 heterocycles. The van der Waals surface area contributed by atoms with E-state index in [1.54, 1.807) is 0 Å². The number of nitrogens with one attached hydrogen (secondary N) is 1. The fraction of sp³-hybridized carbons (Fsp3) is 1.00. The largest absolute Gasteiger partial charge is 0.320 e. The predicted molar refractivity (Wildman–Crippen MR) is 63.5 cm³/mol. The van der Waals surface area contributed by atoms with Crippen LogP contribution in [0.2, 0.25) is 0 Å². The van der Waals surface area contributed by atoms with Gasteiger partial charge in [0.2, 0.25) is 0 Å². The van der Waals surface area contributed by atoms with Crippen LogP contribution < -0.4 is 5.32 Å². The van der Waals surface area contributed by atoms with E-state index < -0.39 is 0 Å². The molecule has 1 saturated carbocycles. The van der Waals surface area contributed by atoms with Crippen LogP contribution in [0.5, 0.6) is 0 Å². The van der Waals surface area contributed by atoms with Crippen LogP contribution in [0, 0.1) is 11.8 Å². The minimum Gasteiger partial charge on any atom is -0.320 e. The van der Waals surface area contributed by atoms with E-state index in [0.29, 0.717) is 0 Å². The second-order valence-corrected chi connectivity index (χ2v) is 4.82. The molecule has 84 valence electrons. The van der Waals surface area contributed by atoms with E-state index in [1.807, 2.05) is 7.05 Å². The summed E-state index contributed by atoms with van der Waals surface area (Å²) in [6.07, 6.45) is 11.7. The normalized spacial score (nSPS) is 25.3. The second kappa shape index (κ2) is 7.28. The molecule has 1 fully saturated rings. The van der Waals surface area contributed by atoms with Gasteiger partial charge in [-0.2, -0.15) is 0 Å². The van der Waals surface area contributed by atoms with E-state index in [-0.39, 0.29) is 0 Å². The number of hydrogen-bond donors (Lipinski definition) is 1. The summed E-state index contributed by atoms with van der Waals surface area (Å²) in [6, 6.07) is 0. The second-order valence-electron chi connectivity index (χ2n) is 4.82. The summed E-state index contributed by atoms with van der Waals surface area (Å²) in [7, 11) is 2.04. The van der Waals surface area contributed by atoms with Crippen molar-refractivity contribution in [3.05, 3.63) is 0 Å². The average molecular weight is 197 g/mol. The molecule has 0 aliphatic heterocycles. The highest BCUT2D eigenvalue weighted by Gasteiger charge is 2.33. The van der Waals surface area contributed by atoms with Gasteiger partial charge in [-0.15, -0.1) is 0 Å². The monoisotopic (exact) mass is 197 g/mol. The molecule has 0 radical (unpaired) electrons. The maximum absolute atomic E-state index is 3.20. The van der Waals surface area contributed by atoms with Crippen LogP contribution in [0.3, 0.4) is 0 Å². The molecule has 0 bridgehead atoms. The Hall–Kier alpha value is -0.0400. The first-order valence-electron chi connectivity index (χ1n) is 6.53. The van der Waals surface area contributed by atoms with E-state index in [2.05, 4.69) is 12.2 Å². The van der Waals surface area contributed by atoms with Gasteiger partial charge in [-0.05, 0) is 38.3 Å². The van der Waals surface area contributed by atoms with Crippen molar-refractivity contribution >= 4 is 0 Å². The molecule has 0 aromatic rings. The maximum Gasteiger partial charge on any atom is -0.00519 e. The molecular weight excluding hydrogens is 170 g/mol. The van der Waals surface area contributed by atoms with Crippen molar-refractivity contribution in [1.29, 1.82) is 0 Å². The molecule has 0 spiro atoms. The number of hydrogen-bond acceptors (Lipinski definition) is 1. The smallest absolute Gasteiger partial charge is 0.00519 e. The molecule has 14 heavy (non-hydrogen) atoms. The molecule has 1 nitrogen and oxygen atoms in total. The third-order valence-corrected chi connectivity index (χ3v) is 3.60. The van der Waals surface area contributed by atoms with Crippen LogP contribution in [0.4, 0.5) is 0 Å². The van der Waals surface area contributed by atoms with Crippen molar-refractivity contribution in [3.8, 4) is 0 Å². The van der Waals surface area contributed by atoms with E-state index in [0.717, 1.165) is 11.8 Å². The Labute approximate surface area is 89.7 Å². The highest BCUT2D eigenvalue weighted by molar-refractivity contribution is 4.84. The Bertz CT molecular complexity index is 133. The minimum absolute atomic E-state index is 1.11. The minimum atomic E-state index is 1.11. The van der Waals surface area contributed by atoms with Crippen LogP contribution in [0.25, 0.3) is 0 Å². The zero-order chi connectivity index (χ0) is 10.2. The molecule has 0 aromatic carbocycles. The summed E-state index contributed by atoms with van der Waals surface area (Å²) < 4.78 is 0. The van der Waals surface area contributed by atoms with Crippen molar-refractivity contribution in [2.24, 2.45) is 11.8 Å². The average Bonchev–Trinajstić information content (AvgIpc) is 2.95. The van der Waals surface area contributed by atoms with Gasteiger partial charge in [-0.3, -0.25) is 0 Å². The van der Waals surface area contributed by atoms with E-state index in [9.17, 15) is 0 Å². The van der Waals surface area contributed by atoms with Gasteiger partial charge in [0.1, 0.15) is 0 Å².